The van der Waals surface area contributed by atoms with Crippen molar-refractivity contribution in [3.8, 4) is 0 Å². The van der Waals surface area contributed by atoms with E-state index in [1.807, 2.05) is 51.1 Å². The van der Waals surface area contributed by atoms with Gasteiger partial charge in [-0.05, 0) is 19.9 Å². The highest BCUT2D eigenvalue weighted by molar-refractivity contribution is 6.08. The fourth-order valence-electron chi connectivity index (χ4n) is 3.33. The van der Waals surface area contributed by atoms with Crippen molar-refractivity contribution >= 4 is 21.8 Å². The first-order chi connectivity index (χ1) is 13.5. The summed E-state index contributed by atoms with van der Waals surface area (Å²) in [6.45, 7) is 3.23. The number of hydrogen-bond donors (Lipinski definition) is 0. The minimum atomic E-state index is -2.27. The van der Waals surface area contributed by atoms with Crippen LogP contribution in [0.1, 0.15) is 27.8 Å². The number of quaternary nitrogens is 1. The fourth-order valence-corrected chi connectivity index (χ4v) is 3.33. The van der Waals surface area contributed by atoms with E-state index < -0.39 is 14.0 Å². The van der Waals surface area contributed by atoms with E-state index in [-0.39, 0.29) is 52.4 Å². The molecule has 0 spiro atoms. The van der Waals surface area contributed by atoms with Gasteiger partial charge in [-0.3, -0.25) is 0 Å². The number of fused-ring (bicyclic) bond motifs is 3. The van der Waals surface area contributed by atoms with Crippen LogP contribution in [0.15, 0.2) is 36.5 Å². The van der Waals surface area contributed by atoms with Crippen LogP contribution in [0.4, 0.5) is 0 Å². The lowest BCUT2D eigenvalue weighted by atomic mass is 10.2. The van der Waals surface area contributed by atoms with Crippen LogP contribution in [-0.4, -0.2) is 35.7 Å². The third kappa shape index (κ3) is 4.13. The van der Waals surface area contributed by atoms with Crippen LogP contribution in [0.2, 0.25) is 0 Å². The lowest BCUT2D eigenvalue weighted by Gasteiger charge is -2.32. The van der Waals surface area contributed by atoms with E-state index in [9.17, 15) is 0 Å². The van der Waals surface area contributed by atoms with Gasteiger partial charge in [0.05, 0.1) is 37.3 Å². The number of para-hydroxylation sites is 1. The summed E-state index contributed by atoms with van der Waals surface area (Å²) < 4.78 is 51.2. The molecule has 0 aliphatic heterocycles. The zero-order chi connectivity index (χ0) is 21.6. The van der Waals surface area contributed by atoms with E-state index >= 15 is 0 Å². The minimum absolute atomic E-state index is 0. The smallest absolute Gasteiger partial charge is 0.202 e. The van der Waals surface area contributed by atoms with Gasteiger partial charge in [0.1, 0.15) is 16.6 Å². The molecule has 25 heavy (non-hydrogen) atoms. The standard InChI is InChI=1S/C20H29N3.2HI/c1-6-23(5,7-2)15-14-22-19-11-9-8-10-17(19)18-12-13-21(4)16(3)20(18)22;;/h8-13H,6-7,14-15H2,1-5H3;2*1H/q+2;;/p-2/i4D3,5D3;;. The molecule has 0 radical (unpaired) electrons. The monoisotopic (exact) mass is 571 g/mol. The second-order valence-electron chi connectivity index (χ2n) is 6.20. The maximum atomic E-state index is 8.07. The molecular weight excluding hydrogens is 536 g/mol. The largest absolute Gasteiger partial charge is 1.00 e. The third-order valence-electron chi connectivity index (χ3n) is 5.07. The Labute approximate surface area is 194 Å². The number of likely N-dealkylation sites (N-methyl/N-ethyl adjacent to an activating group) is 1. The van der Waals surface area contributed by atoms with Crippen molar-refractivity contribution in [1.29, 1.82) is 0 Å². The van der Waals surface area contributed by atoms with E-state index in [0.717, 1.165) is 21.8 Å². The summed E-state index contributed by atoms with van der Waals surface area (Å²) in [5.41, 5.74) is 2.49. The van der Waals surface area contributed by atoms with Gasteiger partial charge in [0.15, 0.2) is 6.20 Å². The highest BCUT2D eigenvalue weighted by atomic mass is 127. The summed E-state index contributed by atoms with van der Waals surface area (Å²) in [6.07, 6.45) is 1.61. The average Bonchev–Trinajstić information content (AvgIpc) is 2.96. The molecule has 3 aromatic rings. The van der Waals surface area contributed by atoms with E-state index in [1.165, 1.54) is 4.57 Å². The molecule has 1 aromatic carbocycles. The van der Waals surface area contributed by atoms with Crippen molar-refractivity contribution in [1.82, 2.24) is 4.57 Å². The number of hydrogen-bond acceptors (Lipinski definition) is 0. The molecule has 0 saturated carbocycles. The first-order valence-corrected chi connectivity index (χ1v) is 8.25. The van der Waals surface area contributed by atoms with Crippen LogP contribution in [0.25, 0.3) is 21.8 Å². The van der Waals surface area contributed by atoms with Gasteiger partial charge in [-0.25, -0.2) is 4.57 Å². The fraction of sp³-hybridized carbons (Fsp3) is 0.450. The summed E-state index contributed by atoms with van der Waals surface area (Å²) >= 11 is 0. The van der Waals surface area contributed by atoms with Gasteiger partial charge in [0.2, 0.25) is 5.69 Å². The SMILES string of the molecule is [2H]C([2H])([2H])[n+]1ccc2c3ccccc3n(CC[N+](CC)(CC)C([2H])([2H])[2H])c2c1C.[I-].[I-]. The molecule has 0 aliphatic carbocycles. The van der Waals surface area contributed by atoms with Gasteiger partial charge in [-0.15, -0.1) is 0 Å². The van der Waals surface area contributed by atoms with Crippen molar-refractivity contribution in [3.05, 3.63) is 42.2 Å². The van der Waals surface area contributed by atoms with E-state index in [2.05, 4.69) is 4.57 Å². The van der Waals surface area contributed by atoms with Gasteiger partial charge in [-0.1, -0.05) is 18.2 Å². The minimum Gasteiger partial charge on any atom is -1.00 e. The normalized spacial score (nSPS) is 16.0. The zero-order valence-corrected chi connectivity index (χ0v) is 19.2. The van der Waals surface area contributed by atoms with Crippen LogP contribution in [0.5, 0.6) is 0 Å². The molecule has 0 N–H and O–H groups in total. The van der Waals surface area contributed by atoms with E-state index in [1.54, 1.807) is 6.20 Å². The predicted octanol–water partition coefficient (Wildman–Crippen LogP) is -2.58. The Morgan fingerprint density at radius 3 is 2.44 bits per heavy atom. The lowest BCUT2D eigenvalue weighted by molar-refractivity contribution is -0.906. The average molecular weight is 571 g/mol. The predicted molar refractivity (Wildman–Crippen MR) is 97.5 cm³/mol. The van der Waals surface area contributed by atoms with E-state index in [0.29, 0.717) is 31.9 Å². The van der Waals surface area contributed by atoms with Crippen LogP contribution >= 0.6 is 0 Å². The van der Waals surface area contributed by atoms with Crippen molar-refractivity contribution in [2.45, 2.75) is 27.3 Å². The topological polar surface area (TPSA) is 8.81 Å². The van der Waals surface area contributed by atoms with Gasteiger partial charge < -0.3 is 57.0 Å². The Kier molecular flexibility index (Phi) is 5.26. The first-order valence-electron chi connectivity index (χ1n) is 11.3. The molecule has 0 fully saturated rings. The number of benzene rings is 1. The number of rotatable bonds is 5. The molecule has 0 aliphatic rings. The molecule has 0 atom stereocenters. The second-order valence-corrected chi connectivity index (χ2v) is 6.20. The van der Waals surface area contributed by atoms with Crippen molar-refractivity contribution < 1.29 is 65.2 Å². The summed E-state index contributed by atoms with van der Waals surface area (Å²) in [4.78, 5) is 0. The summed E-state index contributed by atoms with van der Waals surface area (Å²) in [7, 11) is 0. The Morgan fingerprint density at radius 2 is 1.80 bits per heavy atom. The molecule has 3 nitrogen and oxygen atoms in total. The van der Waals surface area contributed by atoms with Gasteiger partial charge >= 0.3 is 0 Å². The Morgan fingerprint density at radius 1 is 1.08 bits per heavy atom. The summed E-state index contributed by atoms with van der Waals surface area (Å²) in [5.74, 6) is 0. The number of pyridine rings is 1. The molecule has 0 saturated heterocycles. The number of aromatic nitrogens is 2. The number of nitrogens with zero attached hydrogens (tertiary/aromatic N) is 3. The van der Waals surface area contributed by atoms with Crippen molar-refractivity contribution in [2.75, 3.05) is 26.6 Å². The highest BCUT2D eigenvalue weighted by Crippen LogP contribution is 2.29. The molecule has 3 rings (SSSR count). The van der Waals surface area contributed by atoms with Gasteiger partial charge in [-0.2, -0.15) is 0 Å². The van der Waals surface area contributed by atoms with Gasteiger partial charge in [0, 0.05) is 29.3 Å². The highest BCUT2D eigenvalue weighted by Gasteiger charge is 2.21. The maximum absolute atomic E-state index is 8.07. The van der Waals surface area contributed by atoms with E-state index in [4.69, 9.17) is 8.22 Å². The number of aryl methyl sites for hydroxylation is 2. The molecule has 0 bridgehead atoms. The number of halogens is 2. The van der Waals surface area contributed by atoms with Gasteiger partial charge in [0.25, 0.3) is 0 Å². The third-order valence-corrected chi connectivity index (χ3v) is 5.07. The van der Waals surface area contributed by atoms with Crippen LogP contribution in [0.3, 0.4) is 0 Å². The maximum Gasteiger partial charge on any atom is 0.202 e. The summed E-state index contributed by atoms with van der Waals surface area (Å²) in [5, 5.41) is 2.03. The van der Waals surface area contributed by atoms with Crippen LogP contribution < -0.4 is 52.5 Å². The Balaban J connectivity index is 0.00000240. The van der Waals surface area contributed by atoms with Crippen molar-refractivity contribution in [2.24, 2.45) is 6.98 Å². The molecule has 2 aromatic heterocycles. The quantitative estimate of drug-likeness (QED) is 0.181. The Bertz CT molecular complexity index is 1040. The molecule has 0 amide bonds. The molecule has 2 heterocycles. The molecule has 0 unspecified atom stereocenters. The second kappa shape index (κ2) is 8.99. The molecule has 5 heteroatoms. The zero-order valence-electron chi connectivity index (χ0n) is 20.9. The first kappa shape index (κ1) is 14.6. The molecule has 138 valence electrons. The van der Waals surface area contributed by atoms with Crippen molar-refractivity contribution in [3.63, 3.8) is 0 Å². The Hall–Kier alpha value is -0.410. The molecular formula is C20H29I2N3. The van der Waals surface area contributed by atoms with Crippen LogP contribution in [-0.2, 0) is 13.5 Å². The summed E-state index contributed by atoms with van der Waals surface area (Å²) in [6, 6.07) is 9.80. The lowest BCUT2D eigenvalue weighted by Crippen LogP contribution is -3.00. The van der Waals surface area contributed by atoms with Crippen LogP contribution in [0, 0.1) is 6.92 Å².